The molecule has 6 heteroatoms. The van der Waals surface area contributed by atoms with Crippen molar-refractivity contribution in [1.29, 1.82) is 0 Å². The summed E-state index contributed by atoms with van der Waals surface area (Å²) in [7, 11) is -1.64. The van der Waals surface area contributed by atoms with Gasteiger partial charge >= 0.3 is 0 Å². The number of aryl methyl sites for hydroxylation is 1. The van der Waals surface area contributed by atoms with E-state index < -0.39 is 10.0 Å². The zero-order chi connectivity index (χ0) is 13.2. The van der Waals surface area contributed by atoms with Crippen molar-refractivity contribution in [2.45, 2.75) is 49.1 Å². The van der Waals surface area contributed by atoms with Gasteiger partial charge in [0.2, 0.25) is 10.0 Å². The van der Waals surface area contributed by atoms with Crippen molar-refractivity contribution in [3.8, 4) is 0 Å². The van der Waals surface area contributed by atoms with Crippen molar-refractivity contribution in [2.75, 3.05) is 0 Å². The Hall–Kier alpha value is -0.850. The van der Waals surface area contributed by atoms with Crippen molar-refractivity contribution in [1.82, 2.24) is 9.29 Å². The van der Waals surface area contributed by atoms with E-state index >= 15 is 0 Å². The van der Waals surface area contributed by atoms with Crippen LogP contribution in [0.1, 0.15) is 32.1 Å². The lowest BCUT2D eigenvalue weighted by molar-refractivity contribution is 0.456. The normalized spacial score (nSPS) is 25.9. The molecule has 102 valence electrons. The van der Waals surface area contributed by atoms with E-state index in [0.717, 1.165) is 32.1 Å². The predicted octanol–water partition coefficient (Wildman–Crippen LogP) is 0.963. The highest BCUT2D eigenvalue weighted by atomic mass is 32.2. The first-order valence-electron chi connectivity index (χ1n) is 6.39. The lowest BCUT2D eigenvalue weighted by Crippen LogP contribution is -2.46. The minimum absolute atomic E-state index is 0.0778. The quantitative estimate of drug-likeness (QED) is 0.804. The zero-order valence-electron chi connectivity index (χ0n) is 10.7. The average molecular weight is 271 g/mol. The fourth-order valence-corrected chi connectivity index (χ4v) is 3.76. The summed E-state index contributed by atoms with van der Waals surface area (Å²) in [5, 5.41) is 0. The highest BCUT2D eigenvalue weighted by molar-refractivity contribution is 7.89. The average Bonchev–Trinajstić information content (AvgIpc) is 2.65. The molecule has 0 spiro atoms. The van der Waals surface area contributed by atoms with E-state index in [1.165, 1.54) is 0 Å². The Morgan fingerprint density at radius 2 is 2.06 bits per heavy atom. The molecule has 0 bridgehead atoms. The summed E-state index contributed by atoms with van der Waals surface area (Å²) in [5.41, 5.74) is 6.04. The smallest absolute Gasteiger partial charge is 0.242 e. The molecule has 1 heterocycles. The summed E-state index contributed by atoms with van der Waals surface area (Å²) in [4.78, 5) is 0.307. The molecule has 1 saturated carbocycles. The van der Waals surface area contributed by atoms with E-state index in [4.69, 9.17) is 5.73 Å². The van der Waals surface area contributed by atoms with Crippen LogP contribution in [0.4, 0.5) is 0 Å². The Morgan fingerprint density at radius 3 is 2.72 bits per heavy atom. The molecule has 0 radical (unpaired) electrons. The molecular weight excluding hydrogens is 250 g/mol. The molecule has 2 rings (SSSR count). The molecule has 0 amide bonds. The molecule has 1 aliphatic carbocycles. The van der Waals surface area contributed by atoms with Gasteiger partial charge in [-0.25, -0.2) is 13.1 Å². The fraction of sp³-hybridized carbons (Fsp3) is 0.667. The van der Waals surface area contributed by atoms with Gasteiger partial charge in [-0.2, -0.15) is 0 Å². The summed E-state index contributed by atoms with van der Waals surface area (Å²) in [5.74, 6) is 0. The molecular formula is C12H21N3O2S. The second kappa shape index (κ2) is 5.42. The number of hydrogen-bond acceptors (Lipinski definition) is 3. The standard InChI is InChI=1S/C12H21N3O2S/c1-15-8-7-10(9-15)18(16,17)14-12-6-4-2-3-5-11(12)13/h7-9,11-12,14H,2-6,13H2,1H3. The van der Waals surface area contributed by atoms with Crippen LogP contribution in [0.5, 0.6) is 0 Å². The lowest BCUT2D eigenvalue weighted by Gasteiger charge is -2.22. The number of nitrogens with two attached hydrogens (primary N) is 1. The molecule has 5 nitrogen and oxygen atoms in total. The predicted molar refractivity (Wildman–Crippen MR) is 70.6 cm³/mol. The van der Waals surface area contributed by atoms with Crippen LogP contribution < -0.4 is 10.5 Å². The number of nitrogens with zero attached hydrogens (tertiary/aromatic N) is 1. The maximum absolute atomic E-state index is 12.2. The maximum Gasteiger partial charge on any atom is 0.242 e. The minimum atomic E-state index is -3.44. The summed E-state index contributed by atoms with van der Waals surface area (Å²) in [6.07, 6.45) is 8.30. The number of hydrogen-bond donors (Lipinski definition) is 2. The first-order chi connectivity index (χ1) is 8.49. The Balaban J connectivity index is 2.11. The molecule has 0 saturated heterocycles. The third kappa shape index (κ3) is 3.13. The summed E-state index contributed by atoms with van der Waals surface area (Å²) >= 11 is 0. The molecule has 1 fully saturated rings. The SMILES string of the molecule is Cn1ccc(S(=O)(=O)NC2CCCCCC2N)c1. The highest BCUT2D eigenvalue weighted by Gasteiger charge is 2.26. The first-order valence-corrected chi connectivity index (χ1v) is 7.87. The van der Waals surface area contributed by atoms with Crippen LogP contribution in [0.3, 0.4) is 0 Å². The summed E-state index contributed by atoms with van der Waals surface area (Å²) in [6, 6.07) is 1.38. The molecule has 1 aromatic heterocycles. The summed E-state index contributed by atoms with van der Waals surface area (Å²) in [6.45, 7) is 0. The van der Waals surface area contributed by atoms with Gasteiger partial charge < -0.3 is 10.3 Å². The van der Waals surface area contributed by atoms with Gasteiger partial charge in [0.05, 0.1) is 4.90 Å². The van der Waals surface area contributed by atoms with Gasteiger partial charge in [-0.05, 0) is 18.9 Å². The van der Waals surface area contributed by atoms with Gasteiger partial charge in [-0.1, -0.05) is 19.3 Å². The van der Waals surface area contributed by atoms with Crippen LogP contribution >= 0.6 is 0 Å². The number of aromatic nitrogens is 1. The minimum Gasteiger partial charge on any atom is -0.356 e. The number of rotatable bonds is 3. The van der Waals surface area contributed by atoms with Crippen molar-refractivity contribution in [3.63, 3.8) is 0 Å². The van der Waals surface area contributed by atoms with Crippen molar-refractivity contribution in [2.24, 2.45) is 12.8 Å². The van der Waals surface area contributed by atoms with E-state index in [9.17, 15) is 8.42 Å². The molecule has 2 atom stereocenters. The Kier molecular flexibility index (Phi) is 4.09. The monoisotopic (exact) mass is 271 g/mol. The topological polar surface area (TPSA) is 77.1 Å². The van der Waals surface area contributed by atoms with Crippen molar-refractivity contribution >= 4 is 10.0 Å². The summed E-state index contributed by atoms with van der Waals surface area (Å²) < 4.78 is 28.9. The zero-order valence-corrected chi connectivity index (χ0v) is 11.5. The lowest BCUT2D eigenvalue weighted by atomic mass is 10.1. The van der Waals surface area contributed by atoms with Crippen molar-refractivity contribution < 1.29 is 8.42 Å². The van der Waals surface area contributed by atoms with Gasteiger partial charge in [0.1, 0.15) is 0 Å². The molecule has 18 heavy (non-hydrogen) atoms. The molecule has 1 aliphatic rings. The molecule has 0 aromatic carbocycles. The van der Waals surface area contributed by atoms with Crippen LogP contribution in [0.15, 0.2) is 23.4 Å². The Morgan fingerprint density at radius 1 is 1.33 bits per heavy atom. The largest absolute Gasteiger partial charge is 0.356 e. The van der Waals surface area contributed by atoms with E-state index in [1.807, 2.05) is 0 Å². The van der Waals surface area contributed by atoms with Gasteiger partial charge in [-0.3, -0.25) is 0 Å². The van der Waals surface area contributed by atoms with Crippen LogP contribution in [0, 0.1) is 0 Å². The molecule has 1 aromatic rings. The van der Waals surface area contributed by atoms with E-state index in [-0.39, 0.29) is 12.1 Å². The third-order valence-electron chi connectivity index (χ3n) is 3.49. The number of sulfonamides is 1. The van der Waals surface area contributed by atoms with Crippen LogP contribution in [-0.2, 0) is 17.1 Å². The Bertz CT molecular complexity index is 495. The fourth-order valence-electron chi connectivity index (χ4n) is 2.39. The number of nitrogens with one attached hydrogen (secondary N) is 1. The second-order valence-corrected chi connectivity index (χ2v) is 6.76. The van der Waals surface area contributed by atoms with E-state index in [0.29, 0.717) is 4.90 Å². The van der Waals surface area contributed by atoms with E-state index in [2.05, 4.69) is 4.72 Å². The first kappa shape index (κ1) is 13.6. The van der Waals surface area contributed by atoms with Crippen LogP contribution in [0.25, 0.3) is 0 Å². The molecule has 0 aliphatic heterocycles. The maximum atomic E-state index is 12.2. The van der Waals surface area contributed by atoms with Crippen molar-refractivity contribution in [3.05, 3.63) is 18.5 Å². The van der Waals surface area contributed by atoms with Gasteiger partial charge in [0.25, 0.3) is 0 Å². The second-order valence-electron chi connectivity index (χ2n) is 5.04. The van der Waals surface area contributed by atoms with Crippen LogP contribution in [0.2, 0.25) is 0 Å². The van der Waals surface area contributed by atoms with Gasteiger partial charge in [0.15, 0.2) is 0 Å². The van der Waals surface area contributed by atoms with E-state index in [1.54, 1.807) is 30.1 Å². The molecule has 3 N–H and O–H groups in total. The third-order valence-corrected chi connectivity index (χ3v) is 4.97. The Labute approximate surface area is 108 Å². The van der Waals surface area contributed by atoms with Crippen LogP contribution in [-0.4, -0.2) is 25.1 Å². The van der Waals surface area contributed by atoms with Gasteiger partial charge in [0, 0.05) is 31.5 Å². The molecule has 2 unspecified atom stereocenters. The highest BCUT2D eigenvalue weighted by Crippen LogP contribution is 2.19. The van der Waals surface area contributed by atoms with Gasteiger partial charge in [-0.15, -0.1) is 0 Å².